The Balaban J connectivity index is 2.22. The van der Waals surface area contributed by atoms with Crippen molar-refractivity contribution in [2.75, 3.05) is 21.3 Å². The fourth-order valence-corrected chi connectivity index (χ4v) is 1.69. The number of hydrogen-bond acceptors (Lipinski definition) is 7. The monoisotopic (exact) mass is 347 g/mol. The number of thiocarbonyl (C=S) groups is 1. The van der Waals surface area contributed by atoms with Gasteiger partial charge < -0.3 is 19.5 Å². The molecule has 0 radical (unpaired) electrons. The molecule has 8 nitrogen and oxygen atoms in total. The van der Waals surface area contributed by atoms with E-state index in [2.05, 4.69) is 25.8 Å². The topological polar surface area (TPSA) is 89.9 Å². The highest BCUT2D eigenvalue weighted by atomic mass is 32.1. The molecule has 0 aliphatic heterocycles. The van der Waals surface area contributed by atoms with Crippen LogP contribution < -0.4 is 25.0 Å². The van der Waals surface area contributed by atoms with Crippen molar-refractivity contribution < 1.29 is 14.2 Å². The Labute approximate surface area is 144 Å². The summed E-state index contributed by atoms with van der Waals surface area (Å²) in [5.74, 6) is 1.20. The van der Waals surface area contributed by atoms with Gasteiger partial charge in [-0.2, -0.15) is 15.1 Å². The van der Waals surface area contributed by atoms with Gasteiger partial charge in [0.25, 0.3) is 0 Å². The summed E-state index contributed by atoms with van der Waals surface area (Å²) in [5.41, 5.74) is 3.39. The molecule has 1 aromatic carbocycles. The number of rotatable bonds is 6. The number of nitrogens with one attached hydrogen (secondary N) is 2. The van der Waals surface area contributed by atoms with Crippen LogP contribution in [0, 0.1) is 0 Å². The highest BCUT2D eigenvalue weighted by Crippen LogP contribution is 2.25. The lowest BCUT2D eigenvalue weighted by Crippen LogP contribution is -2.28. The minimum Gasteiger partial charge on any atom is -0.481 e. The Hall–Kier alpha value is -2.94. The summed E-state index contributed by atoms with van der Waals surface area (Å²) in [5, 5.41) is 7.20. The average molecular weight is 347 g/mol. The molecule has 0 atom stereocenters. The fourth-order valence-electron chi connectivity index (χ4n) is 1.63. The Bertz CT molecular complexity index is 717. The van der Waals surface area contributed by atoms with Gasteiger partial charge in [-0.05, 0) is 24.4 Å². The first-order valence-corrected chi connectivity index (χ1v) is 7.31. The molecule has 0 fully saturated rings. The molecular formula is C15H17N5O3S. The summed E-state index contributed by atoms with van der Waals surface area (Å²) in [4.78, 5) is 8.26. The maximum Gasteiger partial charge on any atom is 0.328 e. The summed E-state index contributed by atoms with van der Waals surface area (Å²) in [6, 6.07) is 8.95. The second-order valence-corrected chi connectivity index (χ2v) is 4.73. The molecule has 0 bridgehead atoms. The van der Waals surface area contributed by atoms with E-state index in [4.69, 9.17) is 26.4 Å². The van der Waals surface area contributed by atoms with Gasteiger partial charge in [0, 0.05) is 12.6 Å². The minimum absolute atomic E-state index is 0.103. The van der Waals surface area contributed by atoms with Gasteiger partial charge in [-0.3, -0.25) is 5.43 Å². The predicted octanol–water partition coefficient (Wildman–Crippen LogP) is 1.71. The first-order chi connectivity index (χ1) is 11.7. The van der Waals surface area contributed by atoms with E-state index in [9.17, 15) is 0 Å². The highest BCUT2D eigenvalue weighted by molar-refractivity contribution is 7.80. The lowest BCUT2D eigenvalue weighted by atomic mass is 10.2. The van der Waals surface area contributed by atoms with Gasteiger partial charge in [0.15, 0.2) is 5.11 Å². The Kier molecular flexibility index (Phi) is 6.26. The standard InChI is InChI=1S/C15H17N5O3S/c1-16-15(24)20-17-9-10-6-4-5-7-11(10)23-14-18-12(21-2)8-13(19-14)22-3/h4-9H,1-3H3,(H2,16,20,24). The van der Waals surface area contributed by atoms with E-state index in [-0.39, 0.29) is 6.01 Å². The van der Waals surface area contributed by atoms with Crippen molar-refractivity contribution in [3.8, 4) is 23.5 Å². The number of para-hydroxylation sites is 1. The number of ether oxygens (including phenoxy) is 3. The molecule has 0 saturated carbocycles. The average Bonchev–Trinajstić information content (AvgIpc) is 2.62. The number of hydrogen-bond donors (Lipinski definition) is 2. The van der Waals surface area contributed by atoms with Crippen molar-refractivity contribution in [1.82, 2.24) is 20.7 Å². The van der Waals surface area contributed by atoms with E-state index in [0.29, 0.717) is 28.2 Å². The van der Waals surface area contributed by atoms with Crippen molar-refractivity contribution in [2.45, 2.75) is 0 Å². The van der Waals surface area contributed by atoms with Gasteiger partial charge in [-0.25, -0.2) is 0 Å². The summed E-state index contributed by atoms with van der Waals surface area (Å²) in [7, 11) is 4.71. The van der Waals surface area contributed by atoms with Crippen LogP contribution in [0.4, 0.5) is 0 Å². The maximum absolute atomic E-state index is 5.73. The van der Waals surface area contributed by atoms with Crippen molar-refractivity contribution in [3.05, 3.63) is 35.9 Å². The van der Waals surface area contributed by atoms with Gasteiger partial charge in [-0.1, -0.05) is 12.1 Å². The third kappa shape index (κ3) is 4.78. The Morgan fingerprint density at radius 1 is 1.17 bits per heavy atom. The first-order valence-electron chi connectivity index (χ1n) is 6.91. The molecule has 0 spiro atoms. The van der Waals surface area contributed by atoms with E-state index in [0.717, 1.165) is 0 Å². The second-order valence-electron chi connectivity index (χ2n) is 4.32. The maximum atomic E-state index is 5.73. The Morgan fingerprint density at radius 3 is 2.46 bits per heavy atom. The Morgan fingerprint density at radius 2 is 1.83 bits per heavy atom. The third-order valence-corrected chi connectivity index (χ3v) is 3.09. The van der Waals surface area contributed by atoms with Crippen LogP contribution in [0.1, 0.15) is 5.56 Å². The molecule has 0 aliphatic rings. The summed E-state index contributed by atoms with van der Waals surface area (Å²) in [6.07, 6.45) is 1.58. The molecule has 0 unspecified atom stereocenters. The second kappa shape index (κ2) is 8.63. The lowest BCUT2D eigenvalue weighted by molar-refractivity contribution is 0.348. The van der Waals surface area contributed by atoms with Gasteiger partial charge in [0.1, 0.15) is 5.75 Å². The molecule has 9 heteroatoms. The lowest BCUT2D eigenvalue weighted by Gasteiger charge is -2.09. The molecular weight excluding hydrogens is 330 g/mol. The molecule has 1 aromatic heterocycles. The SMILES string of the molecule is CNC(=S)NN=Cc1ccccc1Oc1nc(OC)cc(OC)n1. The number of aromatic nitrogens is 2. The first kappa shape index (κ1) is 17.4. The van der Waals surface area contributed by atoms with Gasteiger partial charge in [0.05, 0.1) is 26.5 Å². The number of nitrogens with zero attached hydrogens (tertiary/aromatic N) is 3. The zero-order chi connectivity index (χ0) is 17.4. The molecule has 2 N–H and O–H groups in total. The van der Waals surface area contributed by atoms with Crippen molar-refractivity contribution in [1.29, 1.82) is 0 Å². The van der Waals surface area contributed by atoms with Gasteiger partial charge in [0.2, 0.25) is 11.8 Å². The highest BCUT2D eigenvalue weighted by Gasteiger charge is 2.09. The van der Waals surface area contributed by atoms with E-state index in [1.807, 2.05) is 18.2 Å². The van der Waals surface area contributed by atoms with Gasteiger partial charge >= 0.3 is 6.01 Å². The van der Waals surface area contributed by atoms with E-state index >= 15 is 0 Å². The van der Waals surface area contributed by atoms with Crippen LogP contribution in [-0.2, 0) is 0 Å². The molecule has 2 aromatic rings. The quantitative estimate of drug-likeness (QED) is 0.464. The predicted molar refractivity (Wildman–Crippen MR) is 94.0 cm³/mol. The molecule has 0 saturated heterocycles. The zero-order valence-electron chi connectivity index (χ0n) is 13.4. The van der Waals surface area contributed by atoms with E-state index in [1.54, 1.807) is 25.4 Å². The van der Waals surface area contributed by atoms with Crippen molar-refractivity contribution >= 4 is 23.5 Å². The molecule has 0 amide bonds. The number of hydrazone groups is 1. The summed E-state index contributed by atoms with van der Waals surface area (Å²) < 4.78 is 15.9. The van der Waals surface area contributed by atoms with Crippen molar-refractivity contribution in [2.24, 2.45) is 5.10 Å². The van der Waals surface area contributed by atoms with Crippen LogP contribution in [0.2, 0.25) is 0 Å². The zero-order valence-corrected chi connectivity index (χ0v) is 14.3. The number of benzene rings is 1. The van der Waals surface area contributed by atoms with Crippen LogP contribution in [0.25, 0.3) is 0 Å². The minimum atomic E-state index is 0.103. The molecule has 24 heavy (non-hydrogen) atoms. The van der Waals surface area contributed by atoms with E-state index in [1.165, 1.54) is 14.2 Å². The molecule has 126 valence electrons. The van der Waals surface area contributed by atoms with Crippen LogP contribution in [0.15, 0.2) is 35.4 Å². The van der Waals surface area contributed by atoms with Crippen LogP contribution in [0.3, 0.4) is 0 Å². The van der Waals surface area contributed by atoms with Crippen molar-refractivity contribution in [3.63, 3.8) is 0 Å². The molecule has 1 heterocycles. The summed E-state index contributed by atoms with van der Waals surface area (Å²) in [6.45, 7) is 0. The smallest absolute Gasteiger partial charge is 0.328 e. The third-order valence-electron chi connectivity index (χ3n) is 2.79. The van der Waals surface area contributed by atoms with Crippen LogP contribution >= 0.6 is 12.2 Å². The van der Waals surface area contributed by atoms with E-state index < -0.39 is 0 Å². The van der Waals surface area contributed by atoms with Gasteiger partial charge in [-0.15, -0.1) is 0 Å². The fraction of sp³-hybridized carbons (Fsp3) is 0.200. The largest absolute Gasteiger partial charge is 0.481 e. The van der Waals surface area contributed by atoms with Crippen LogP contribution in [0.5, 0.6) is 23.5 Å². The molecule has 0 aliphatic carbocycles. The normalized spacial score (nSPS) is 10.3. The summed E-state index contributed by atoms with van der Waals surface area (Å²) >= 11 is 4.95. The van der Waals surface area contributed by atoms with Crippen LogP contribution in [-0.4, -0.2) is 42.6 Å². The number of methoxy groups -OCH3 is 2. The molecule has 2 rings (SSSR count).